The number of aliphatic hydroxyl groups is 1. The summed E-state index contributed by atoms with van der Waals surface area (Å²) in [5, 5.41) is 16.6. The number of aliphatic hydroxyl groups excluding tert-OH is 1. The lowest BCUT2D eigenvalue weighted by atomic mass is 10.2. The van der Waals surface area contributed by atoms with E-state index in [1.54, 1.807) is 0 Å². The number of ether oxygens (including phenoxy) is 2. The maximum absolute atomic E-state index is 13.9. The maximum atomic E-state index is 13.9. The van der Waals surface area contributed by atoms with Crippen molar-refractivity contribution in [2.24, 2.45) is 5.41 Å². The molecule has 6 rings (SSSR count). The van der Waals surface area contributed by atoms with Crippen molar-refractivity contribution in [2.45, 2.75) is 31.7 Å². The molecule has 2 N–H and O–H groups in total. The Morgan fingerprint density at radius 3 is 2.56 bits per heavy atom. The molecule has 0 bridgehead atoms. The smallest absolute Gasteiger partial charge is 0.316 e. The molecule has 1 aromatic heterocycles. The van der Waals surface area contributed by atoms with Gasteiger partial charge in [0.25, 0.3) is 0 Å². The van der Waals surface area contributed by atoms with Gasteiger partial charge in [0, 0.05) is 37.7 Å². The quantitative estimate of drug-likeness (QED) is 0.394. The van der Waals surface area contributed by atoms with E-state index in [0.29, 0.717) is 50.0 Å². The summed E-state index contributed by atoms with van der Waals surface area (Å²) >= 11 is 0. The number of nitrogens with zero attached hydrogens (tertiary/aromatic N) is 4. The van der Waals surface area contributed by atoms with Gasteiger partial charge in [-0.3, -0.25) is 4.79 Å². The lowest BCUT2D eigenvalue weighted by Gasteiger charge is -2.35. The van der Waals surface area contributed by atoms with Crippen LogP contribution in [0.15, 0.2) is 47.4 Å². The number of nitrogens with one attached hydrogen (secondary N) is 1. The Bertz CT molecular complexity index is 1520. The van der Waals surface area contributed by atoms with Crippen LogP contribution in [0.2, 0.25) is 0 Å². The summed E-state index contributed by atoms with van der Waals surface area (Å²) < 4.78 is 55.5. The summed E-state index contributed by atoms with van der Waals surface area (Å²) in [5.41, 5.74) is 1.52. The summed E-state index contributed by atoms with van der Waals surface area (Å²) in [6, 6.07) is 8.41. The third-order valence-electron chi connectivity index (χ3n) is 7.63. The molecule has 2 fully saturated rings. The van der Waals surface area contributed by atoms with Gasteiger partial charge in [0.1, 0.15) is 23.1 Å². The molecule has 1 saturated heterocycles. The van der Waals surface area contributed by atoms with E-state index in [2.05, 4.69) is 17.3 Å². The number of rotatable bonds is 9. The Hall–Kier alpha value is -3.55. The summed E-state index contributed by atoms with van der Waals surface area (Å²) in [4.78, 5) is 15.5. The molecule has 10 nitrogen and oxygen atoms in total. The molecule has 0 spiro atoms. The molecule has 13 heteroatoms. The molecule has 0 radical (unpaired) electrons. The zero-order chi connectivity index (χ0) is 28.7. The lowest BCUT2D eigenvalue weighted by Crippen LogP contribution is -2.47. The van der Waals surface area contributed by atoms with Crippen LogP contribution in [0, 0.1) is 17.0 Å². The van der Waals surface area contributed by atoms with Crippen LogP contribution in [-0.4, -0.2) is 69.0 Å². The highest BCUT2D eigenvalue weighted by Crippen LogP contribution is 2.45. The van der Waals surface area contributed by atoms with Crippen molar-refractivity contribution >= 4 is 22.4 Å². The first-order valence-electron chi connectivity index (χ1n) is 13.5. The first-order chi connectivity index (χ1) is 19.7. The molecule has 2 aromatic carbocycles. The van der Waals surface area contributed by atoms with Gasteiger partial charge in [-0.25, -0.2) is 17.3 Å². The van der Waals surface area contributed by atoms with Crippen molar-refractivity contribution in [1.82, 2.24) is 14.1 Å². The molecule has 41 heavy (non-hydrogen) atoms. The summed E-state index contributed by atoms with van der Waals surface area (Å²) in [5.74, 6) is -0.601. The highest BCUT2D eigenvalue weighted by molar-refractivity contribution is 7.81. The number of piperazine rings is 1. The number of benzene rings is 2. The molecule has 2 unspecified atom stereocenters. The Kier molecular flexibility index (Phi) is 7.43. The van der Waals surface area contributed by atoms with E-state index in [1.165, 1.54) is 6.20 Å². The third kappa shape index (κ3) is 5.92. The van der Waals surface area contributed by atoms with Crippen LogP contribution in [0.3, 0.4) is 0 Å². The molecule has 2 aliphatic heterocycles. The van der Waals surface area contributed by atoms with Gasteiger partial charge < -0.3 is 24.8 Å². The highest BCUT2D eigenvalue weighted by Gasteiger charge is 2.39. The Morgan fingerprint density at radius 2 is 1.88 bits per heavy atom. The van der Waals surface area contributed by atoms with Crippen molar-refractivity contribution in [1.29, 1.82) is 0 Å². The molecule has 2 atom stereocenters. The Labute approximate surface area is 238 Å². The predicted molar refractivity (Wildman–Crippen MR) is 150 cm³/mol. The topological polar surface area (TPSA) is 109 Å². The van der Waals surface area contributed by atoms with Crippen LogP contribution in [-0.2, 0) is 16.7 Å². The fourth-order valence-corrected chi connectivity index (χ4v) is 6.14. The largest absolute Gasteiger partial charge is 0.486 e. The lowest BCUT2D eigenvalue weighted by molar-refractivity contribution is 0.149. The van der Waals surface area contributed by atoms with Gasteiger partial charge in [-0.15, -0.1) is 0 Å². The second-order valence-corrected chi connectivity index (χ2v) is 12.4. The minimum absolute atomic E-state index is 0.00393. The van der Waals surface area contributed by atoms with Gasteiger partial charge in [-0.2, -0.15) is 9.78 Å². The number of aromatic nitrogens is 2. The molecule has 0 amide bonds. The second-order valence-electron chi connectivity index (χ2n) is 10.9. The van der Waals surface area contributed by atoms with E-state index >= 15 is 0 Å². The molecule has 3 heterocycles. The van der Waals surface area contributed by atoms with Gasteiger partial charge in [0.2, 0.25) is 5.75 Å². The fraction of sp³-hybridized carbons (Fsp3) is 0.429. The van der Waals surface area contributed by atoms with E-state index in [9.17, 15) is 22.9 Å². The molecule has 1 saturated carbocycles. The van der Waals surface area contributed by atoms with E-state index in [4.69, 9.17) is 9.47 Å². The number of anilines is 2. The summed E-state index contributed by atoms with van der Waals surface area (Å²) in [6.07, 6.45) is 3.00. The highest BCUT2D eigenvalue weighted by atomic mass is 32.2. The first-order valence-corrected chi connectivity index (χ1v) is 14.8. The maximum Gasteiger partial charge on any atom is 0.316 e. The van der Waals surface area contributed by atoms with Crippen molar-refractivity contribution in [3.63, 3.8) is 0 Å². The predicted octanol–water partition coefficient (Wildman–Crippen LogP) is 2.80. The average Bonchev–Trinajstić information content (AvgIpc) is 3.54. The van der Waals surface area contributed by atoms with Crippen molar-refractivity contribution in [2.75, 3.05) is 49.6 Å². The van der Waals surface area contributed by atoms with Gasteiger partial charge in [0.05, 0.1) is 47.5 Å². The number of fused-ring (bicyclic) bond motifs is 1. The zero-order valence-corrected chi connectivity index (χ0v) is 23.3. The van der Waals surface area contributed by atoms with Gasteiger partial charge in [0.15, 0.2) is 6.23 Å². The second kappa shape index (κ2) is 11.0. The van der Waals surface area contributed by atoms with E-state index in [1.807, 2.05) is 27.4 Å². The van der Waals surface area contributed by atoms with Crippen LogP contribution < -0.4 is 25.2 Å². The normalized spacial score (nSPS) is 20.2. The zero-order valence-electron chi connectivity index (χ0n) is 22.5. The Morgan fingerprint density at radius 1 is 1.15 bits per heavy atom. The Balaban J connectivity index is 1.17. The number of halogens is 2. The third-order valence-corrected chi connectivity index (χ3v) is 9.15. The van der Waals surface area contributed by atoms with Crippen molar-refractivity contribution in [3.05, 3.63) is 70.1 Å². The van der Waals surface area contributed by atoms with Gasteiger partial charge in [-0.1, -0.05) is 13.0 Å². The molecule has 1 aliphatic carbocycles. The monoisotopic (exact) mass is 587 g/mol. The fourth-order valence-electron chi connectivity index (χ4n) is 4.92. The van der Waals surface area contributed by atoms with E-state index in [0.717, 1.165) is 47.0 Å². The van der Waals surface area contributed by atoms with Crippen LogP contribution in [0.25, 0.3) is 5.69 Å². The van der Waals surface area contributed by atoms with Crippen LogP contribution in [0.4, 0.5) is 20.2 Å². The molecule has 3 aromatic rings. The number of hydrogen-bond donors (Lipinski definition) is 2. The first kappa shape index (κ1) is 27.6. The van der Waals surface area contributed by atoms with E-state index in [-0.39, 0.29) is 23.5 Å². The summed E-state index contributed by atoms with van der Waals surface area (Å²) in [7, 11) is -1.29. The van der Waals surface area contributed by atoms with Crippen molar-refractivity contribution in [3.8, 4) is 17.2 Å². The number of hydrogen-bond acceptors (Lipinski definition) is 8. The average molecular weight is 588 g/mol. The minimum Gasteiger partial charge on any atom is -0.486 e. The minimum atomic E-state index is -1.29. The van der Waals surface area contributed by atoms with Gasteiger partial charge in [-0.05, 0) is 42.7 Å². The SMILES string of the molecule is CC1(COc2c(N3CCN(S(=O)Cc4ccc5c(c4)OC(CO)N5)CC3)cnn(-c3cc(F)cc(F)c3)c2=O)CC1. The van der Waals surface area contributed by atoms with E-state index < -0.39 is 34.4 Å². The molecule has 3 aliphatic rings. The van der Waals surface area contributed by atoms with Crippen LogP contribution in [0.5, 0.6) is 11.5 Å². The standard InChI is InChI=1S/C28H31F2N5O5S/c1-28(4-5-28)17-39-26-23(14-31-35(27(26)37)21-12-19(29)11-20(30)13-21)33-6-8-34(9-7-33)41(38)16-18-2-3-22-24(10-18)40-25(15-36)32-22/h2-3,10-14,25,32,36H,4-9,15-17H2,1H3. The van der Waals surface area contributed by atoms with Crippen molar-refractivity contribution < 1.29 is 27.6 Å². The molecular weight excluding hydrogens is 556 g/mol. The van der Waals surface area contributed by atoms with Crippen LogP contribution in [0.1, 0.15) is 25.3 Å². The molecule has 218 valence electrons. The van der Waals surface area contributed by atoms with Crippen LogP contribution >= 0.6 is 0 Å². The van der Waals surface area contributed by atoms with Gasteiger partial charge >= 0.3 is 5.56 Å². The summed E-state index contributed by atoms with van der Waals surface area (Å²) in [6.45, 7) is 4.20. The molecular formula is C28H31F2N5O5S.